The monoisotopic (exact) mass is 394 g/mol. The third-order valence-electron chi connectivity index (χ3n) is 6.07. The minimum absolute atomic E-state index is 0.0477. The first-order valence-electron chi connectivity index (χ1n) is 10.4. The lowest BCUT2D eigenvalue weighted by Gasteiger charge is -2.40. The Bertz CT molecular complexity index is 657. The highest BCUT2D eigenvalue weighted by molar-refractivity contribution is 5.78. The molecule has 1 atom stereocenters. The molecule has 28 heavy (non-hydrogen) atoms. The molecule has 0 aromatic carbocycles. The molecule has 2 fully saturated rings. The Kier molecular flexibility index (Phi) is 6.53. The van der Waals surface area contributed by atoms with E-state index in [1.54, 1.807) is 9.80 Å². The maximum absolute atomic E-state index is 14.1. The Balaban J connectivity index is 1.49. The number of pyridine rings is 1. The summed E-state index contributed by atoms with van der Waals surface area (Å²) in [5.41, 5.74) is 1.21. The molecule has 0 aliphatic carbocycles. The summed E-state index contributed by atoms with van der Waals surface area (Å²) in [6.45, 7) is 9.10. The van der Waals surface area contributed by atoms with Crippen LogP contribution in [0.25, 0.3) is 0 Å². The lowest BCUT2D eigenvalue weighted by Crippen LogP contribution is -2.54. The van der Waals surface area contributed by atoms with E-state index in [0.717, 1.165) is 5.82 Å². The molecule has 7 heteroatoms. The first-order valence-corrected chi connectivity index (χ1v) is 10.4. The number of hydrogen-bond acceptors (Lipinski definition) is 4. The minimum atomic E-state index is -2.69. The number of rotatable bonds is 5. The van der Waals surface area contributed by atoms with Crippen molar-refractivity contribution in [3.05, 3.63) is 23.9 Å². The second-order valence-electron chi connectivity index (χ2n) is 8.34. The van der Waals surface area contributed by atoms with Crippen molar-refractivity contribution in [1.29, 1.82) is 0 Å². The normalized spacial score (nSPS) is 23.3. The van der Waals surface area contributed by atoms with Crippen molar-refractivity contribution in [1.82, 2.24) is 14.8 Å². The number of anilines is 1. The molecule has 0 spiro atoms. The fraction of sp³-hybridized carbons (Fsp3) is 0.714. The molecule has 2 aliphatic rings. The van der Waals surface area contributed by atoms with E-state index in [0.29, 0.717) is 51.5 Å². The van der Waals surface area contributed by atoms with Gasteiger partial charge in [-0.1, -0.05) is 26.8 Å². The predicted molar refractivity (Wildman–Crippen MR) is 107 cm³/mol. The molecule has 2 aliphatic heterocycles. The summed E-state index contributed by atoms with van der Waals surface area (Å²) in [4.78, 5) is 22.7. The molecule has 0 N–H and O–H groups in total. The van der Waals surface area contributed by atoms with Crippen LogP contribution < -0.4 is 4.90 Å². The number of hydrogen-bond donors (Lipinski definition) is 0. The molecule has 5 nitrogen and oxygen atoms in total. The Hall–Kier alpha value is -1.76. The second kappa shape index (κ2) is 8.72. The average molecular weight is 395 g/mol. The zero-order valence-electron chi connectivity index (χ0n) is 17.2. The van der Waals surface area contributed by atoms with E-state index in [1.807, 2.05) is 19.2 Å². The summed E-state index contributed by atoms with van der Waals surface area (Å²) >= 11 is 0. The number of piperidine rings is 1. The smallest absolute Gasteiger partial charge is 0.263 e. The summed E-state index contributed by atoms with van der Waals surface area (Å²) in [6.07, 6.45) is 2.86. The molecule has 1 aromatic rings. The molecule has 3 rings (SSSR count). The van der Waals surface area contributed by atoms with Gasteiger partial charge in [-0.25, -0.2) is 13.8 Å². The SMILES string of the molecule is CCC1CCN(CC(=O)N2CCN(c3ccc(C(C)C)cn3)CC2)CC1(F)F. The van der Waals surface area contributed by atoms with E-state index < -0.39 is 11.8 Å². The number of likely N-dealkylation sites (tertiary alicyclic amines) is 1. The van der Waals surface area contributed by atoms with Gasteiger partial charge >= 0.3 is 0 Å². The van der Waals surface area contributed by atoms with Gasteiger partial charge in [0, 0.05) is 38.3 Å². The predicted octanol–water partition coefficient (Wildman–Crippen LogP) is 3.22. The Morgan fingerprint density at radius 1 is 1.21 bits per heavy atom. The van der Waals surface area contributed by atoms with Crippen LogP contribution in [0.2, 0.25) is 0 Å². The third-order valence-corrected chi connectivity index (χ3v) is 6.07. The van der Waals surface area contributed by atoms with Gasteiger partial charge in [0.05, 0.1) is 13.1 Å². The zero-order chi connectivity index (χ0) is 20.3. The van der Waals surface area contributed by atoms with Crippen LogP contribution in [0.3, 0.4) is 0 Å². The Labute approximate surface area is 166 Å². The van der Waals surface area contributed by atoms with Crippen LogP contribution in [0.4, 0.5) is 14.6 Å². The molecule has 1 amide bonds. The number of nitrogens with zero attached hydrogens (tertiary/aromatic N) is 4. The van der Waals surface area contributed by atoms with Gasteiger partial charge in [-0.2, -0.15) is 0 Å². The molecule has 0 saturated carbocycles. The summed E-state index contributed by atoms with van der Waals surface area (Å²) in [7, 11) is 0. The fourth-order valence-corrected chi connectivity index (χ4v) is 4.10. The van der Waals surface area contributed by atoms with E-state index in [2.05, 4.69) is 29.8 Å². The van der Waals surface area contributed by atoms with Crippen molar-refractivity contribution in [2.24, 2.45) is 5.92 Å². The Morgan fingerprint density at radius 2 is 1.93 bits per heavy atom. The summed E-state index contributed by atoms with van der Waals surface area (Å²) in [5, 5.41) is 0. The zero-order valence-corrected chi connectivity index (χ0v) is 17.2. The molecular weight excluding hydrogens is 362 g/mol. The second-order valence-corrected chi connectivity index (χ2v) is 8.34. The van der Waals surface area contributed by atoms with E-state index in [-0.39, 0.29) is 19.0 Å². The van der Waals surface area contributed by atoms with Crippen molar-refractivity contribution in [3.63, 3.8) is 0 Å². The molecule has 0 bridgehead atoms. The Morgan fingerprint density at radius 3 is 2.46 bits per heavy atom. The van der Waals surface area contributed by atoms with Crippen LogP contribution in [0.5, 0.6) is 0 Å². The molecule has 3 heterocycles. The standard InChI is InChI=1S/C21H32F2N4O/c1-4-18-7-8-25(15-21(18,22)23)14-20(28)27-11-9-26(10-12-27)19-6-5-17(13-24-19)16(2)3/h5-6,13,16,18H,4,7-12,14-15H2,1-3H3. The average Bonchev–Trinajstić information content (AvgIpc) is 2.67. The van der Waals surface area contributed by atoms with Gasteiger partial charge in [-0.3, -0.25) is 9.69 Å². The van der Waals surface area contributed by atoms with Gasteiger partial charge < -0.3 is 9.80 Å². The maximum atomic E-state index is 14.1. The number of alkyl halides is 2. The van der Waals surface area contributed by atoms with E-state index in [1.165, 1.54) is 5.56 Å². The van der Waals surface area contributed by atoms with Gasteiger partial charge in [0.2, 0.25) is 5.91 Å². The van der Waals surface area contributed by atoms with E-state index in [9.17, 15) is 13.6 Å². The van der Waals surface area contributed by atoms with E-state index >= 15 is 0 Å². The van der Waals surface area contributed by atoms with Crippen LogP contribution in [-0.4, -0.2) is 72.4 Å². The van der Waals surface area contributed by atoms with Crippen molar-refractivity contribution in [2.45, 2.75) is 45.5 Å². The van der Waals surface area contributed by atoms with Crippen molar-refractivity contribution >= 4 is 11.7 Å². The van der Waals surface area contributed by atoms with Crippen LogP contribution in [0.1, 0.15) is 45.1 Å². The highest BCUT2D eigenvalue weighted by atomic mass is 19.3. The topological polar surface area (TPSA) is 39.7 Å². The number of amides is 1. The molecule has 2 saturated heterocycles. The summed E-state index contributed by atoms with van der Waals surface area (Å²) in [5.74, 6) is -1.92. The van der Waals surface area contributed by atoms with Gasteiger partial charge in [0.15, 0.2) is 0 Å². The first kappa shape index (κ1) is 21.0. The summed E-state index contributed by atoms with van der Waals surface area (Å²) < 4.78 is 28.3. The van der Waals surface area contributed by atoms with Crippen LogP contribution in [0.15, 0.2) is 18.3 Å². The van der Waals surface area contributed by atoms with Gasteiger partial charge in [0.25, 0.3) is 5.92 Å². The van der Waals surface area contributed by atoms with Crippen molar-refractivity contribution in [2.75, 3.05) is 50.7 Å². The van der Waals surface area contributed by atoms with Gasteiger partial charge in [0.1, 0.15) is 5.82 Å². The lowest BCUT2D eigenvalue weighted by molar-refractivity contribution is -0.140. The maximum Gasteiger partial charge on any atom is 0.263 e. The molecule has 0 radical (unpaired) electrons. The number of carbonyl (C=O) groups is 1. The quantitative estimate of drug-likeness (QED) is 0.769. The molecule has 1 aromatic heterocycles. The highest BCUT2D eigenvalue weighted by Gasteiger charge is 2.43. The first-order chi connectivity index (χ1) is 13.3. The number of aromatic nitrogens is 1. The molecule has 1 unspecified atom stereocenters. The van der Waals surface area contributed by atoms with Gasteiger partial charge in [-0.15, -0.1) is 0 Å². The minimum Gasteiger partial charge on any atom is -0.353 e. The van der Waals surface area contributed by atoms with Crippen LogP contribution in [-0.2, 0) is 4.79 Å². The lowest BCUT2D eigenvalue weighted by atomic mass is 9.90. The largest absolute Gasteiger partial charge is 0.353 e. The van der Waals surface area contributed by atoms with Crippen molar-refractivity contribution in [3.8, 4) is 0 Å². The highest BCUT2D eigenvalue weighted by Crippen LogP contribution is 2.34. The number of halogens is 2. The number of piperazine rings is 1. The van der Waals surface area contributed by atoms with Crippen LogP contribution >= 0.6 is 0 Å². The molecule has 156 valence electrons. The van der Waals surface area contributed by atoms with E-state index in [4.69, 9.17) is 0 Å². The summed E-state index contributed by atoms with van der Waals surface area (Å²) in [6, 6.07) is 4.14. The molecular formula is C21H32F2N4O. The fourth-order valence-electron chi connectivity index (χ4n) is 4.10. The number of carbonyl (C=O) groups excluding carboxylic acids is 1. The van der Waals surface area contributed by atoms with Crippen LogP contribution in [0, 0.1) is 5.92 Å². The van der Waals surface area contributed by atoms with Crippen molar-refractivity contribution < 1.29 is 13.6 Å². The third kappa shape index (κ3) is 4.80. The van der Waals surface area contributed by atoms with Gasteiger partial charge in [-0.05, 0) is 36.9 Å².